The lowest BCUT2D eigenvalue weighted by atomic mass is 10.2. The summed E-state index contributed by atoms with van der Waals surface area (Å²) < 4.78 is 25.6. The SMILES string of the molecule is CCc1cnc2cc(F)c(F)cc2n1. The van der Waals surface area contributed by atoms with Crippen LogP contribution in [0.3, 0.4) is 0 Å². The Balaban J connectivity index is 2.70. The zero-order valence-electron chi connectivity index (χ0n) is 7.59. The van der Waals surface area contributed by atoms with Crippen molar-refractivity contribution in [2.24, 2.45) is 0 Å². The largest absolute Gasteiger partial charge is 0.253 e. The maximum Gasteiger partial charge on any atom is 0.161 e. The van der Waals surface area contributed by atoms with Crippen molar-refractivity contribution in [1.82, 2.24) is 9.97 Å². The fourth-order valence-corrected chi connectivity index (χ4v) is 1.22. The highest BCUT2D eigenvalue weighted by molar-refractivity contribution is 5.74. The highest BCUT2D eigenvalue weighted by atomic mass is 19.2. The van der Waals surface area contributed by atoms with Gasteiger partial charge in [0.05, 0.1) is 16.7 Å². The molecule has 1 heterocycles. The van der Waals surface area contributed by atoms with E-state index in [0.29, 0.717) is 11.0 Å². The van der Waals surface area contributed by atoms with Crippen LogP contribution in [0.4, 0.5) is 8.78 Å². The number of hydrogen-bond acceptors (Lipinski definition) is 2. The number of aryl methyl sites for hydroxylation is 1. The van der Waals surface area contributed by atoms with Crippen molar-refractivity contribution in [2.45, 2.75) is 13.3 Å². The summed E-state index contributed by atoms with van der Waals surface area (Å²) in [7, 11) is 0. The van der Waals surface area contributed by atoms with E-state index in [-0.39, 0.29) is 0 Å². The van der Waals surface area contributed by atoms with Crippen LogP contribution >= 0.6 is 0 Å². The Hall–Kier alpha value is -1.58. The van der Waals surface area contributed by atoms with Gasteiger partial charge < -0.3 is 0 Å². The van der Waals surface area contributed by atoms with E-state index in [9.17, 15) is 8.78 Å². The third kappa shape index (κ3) is 1.43. The first-order chi connectivity index (χ1) is 6.70. The minimum Gasteiger partial charge on any atom is -0.253 e. The predicted octanol–water partition coefficient (Wildman–Crippen LogP) is 2.47. The van der Waals surface area contributed by atoms with Crippen LogP contribution in [-0.4, -0.2) is 9.97 Å². The molecule has 72 valence electrons. The number of benzene rings is 1. The second-order valence-corrected chi connectivity index (χ2v) is 2.97. The lowest BCUT2D eigenvalue weighted by Crippen LogP contribution is -1.93. The highest BCUT2D eigenvalue weighted by Crippen LogP contribution is 2.14. The topological polar surface area (TPSA) is 25.8 Å². The van der Waals surface area contributed by atoms with Gasteiger partial charge in [0.15, 0.2) is 11.6 Å². The molecular weight excluding hydrogens is 186 g/mol. The van der Waals surface area contributed by atoms with Gasteiger partial charge in [0.25, 0.3) is 0 Å². The number of rotatable bonds is 1. The molecular formula is C10H8F2N2. The molecule has 0 bridgehead atoms. The number of halogens is 2. The van der Waals surface area contributed by atoms with Crippen molar-refractivity contribution >= 4 is 11.0 Å². The van der Waals surface area contributed by atoms with Crippen molar-refractivity contribution in [3.05, 3.63) is 35.7 Å². The molecule has 0 spiro atoms. The fraction of sp³-hybridized carbons (Fsp3) is 0.200. The Kier molecular flexibility index (Phi) is 2.11. The van der Waals surface area contributed by atoms with Gasteiger partial charge in [-0.05, 0) is 6.42 Å². The second-order valence-electron chi connectivity index (χ2n) is 2.97. The predicted molar refractivity (Wildman–Crippen MR) is 48.8 cm³/mol. The Bertz CT molecular complexity index is 483. The third-order valence-electron chi connectivity index (χ3n) is 2.00. The number of nitrogens with zero attached hydrogens (tertiary/aromatic N) is 2. The average molecular weight is 194 g/mol. The van der Waals surface area contributed by atoms with Crippen LogP contribution in [0, 0.1) is 11.6 Å². The van der Waals surface area contributed by atoms with Gasteiger partial charge in [-0.25, -0.2) is 13.8 Å². The smallest absolute Gasteiger partial charge is 0.161 e. The molecule has 1 aromatic heterocycles. The number of aromatic nitrogens is 2. The van der Waals surface area contributed by atoms with Gasteiger partial charge in [-0.3, -0.25) is 4.98 Å². The van der Waals surface area contributed by atoms with Crippen LogP contribution in [0.2, 0.25) is 0 Å². The van der Waals surface area contributed by atoms with E-state index >= 15 is 0 Å². The molecule has 0 saturated heterocycles. The molecule has 2 nitrogen and oxygen atoms in total. The molecule has 2 aromatic rings. The summed E-state index contributed by atoms with van der Waals surface area (Å²) >= 11 is 0. The molecule has 0 N–H and O–H groups in total. The van der Waals surface area contributed by atoms with E-state index in [2.05, 4.69) is 9.97 Å². The van der Waals surface area contributed by atoms with E-state index in [1.807, 2.05) is 6.92 Å². The molecule has 0 amide bonds. The van der Waals surface area contributed by atoms with Crippen molar-refractivity contribution in [1.29, 1.82) is 0 Å². The Morgan fingerprint density at radius 2 is 1.79 bits per heavy atom. The molecule has 4 heteroatoms. The van der Waals surface area contributed by atoms with Crippen molar-refractivity contribution in [3.63, 3.8) is 0 Å². The first-order valence-corrected chi connectivity index (χ1v) is 4.31. The van der Waals surface area contributed by atoms with Crippen molar-refractivity contribution in [3.8, 4) is 0 Å². The van der Waals surface area contributed by atoms with Gasteiger partial charge in [-0.1, -0.05) is 6.92 Å². The standard InChI is InChI=1S/C10H8F2N2/c1-2-6-5-13-9-3-7(11)8(12)4-10(9)14-6/h3-5H,2H2,1H3. The van der Waals surface area contributed by atoms with Crippen LogP contribution < -0.4 is 0 Å². The normalized spacial score (nSPS) is 10.8. The van der Waals surface area contributed by atoms with Crippen LogP contribution in [0.1, 0.15) is 12.6 Å². The second kappa shape index (κ2) is 3.29. The highest BCUT2D eigenvalue weighted by Gasteiger charge is 2.05. The molecule has 0 aliphatic carbocycles. The van der Waals surface area contributed by atoms with Crippen LogP contribution in [0.5, 0.6) is 0 Å². The average Bonchev–Trinajstić information content (AvgIpc) is 2.19. The van der Waals surface area contributed by atoms with E-state index in [4.69, 9.17) is 0 Å². The summed E-state index contributed by atoms with van der Waals surface area (Å²) in [5.74, 6) is -1.78. The molecule has 0 fully saturated rings. The van der Waals surface area contributed by atoms with Crippen molar-refractivity contribution in [2.75, 3.05) is 0 Å². The monoisotopic (exact) mass is 194 g/mol. The van der Waals surface area contributed by atoms with Gasteiger partial charge in [-0.15, -0.1) is 0 Å². The summed E-state index contributed by atoms with van der Waals surface area (Å²) in [5.41, 5.74) is 1.54. The Labute approximate surface area is 79.6 Å². The fourth-order valence-electron chi connectivity index (χ4n) is 1.22. The van der Waals surface area contributed by atoms with Gasteiger partial charge in [0, 0.05) is 18.3 Å². The molecule has 14 heavy (non-hydrogen) atoms. The van der Waals surface area contributed by atoms with E-state index < -0.39 is 11.6 Å². The lowest BCUT2D eigenvalue weighted by molar-refractivity contribution is 0.510. The first-order valence-electron chi connectivity index (χ1n) is 4.31. The minimum atomic E-state index is -0.893. The van der Waals surface area contributed by atoms with Crippen LogP contribution in [-0.2, 0) is 6.42 Å². The Morgan fingerprint density at radius 1 is 1.14 bits per heavy atom. The minimum absolute atomic E-state index is 0.376. The van der Waals surface area contributed by atoms with Gasteiger partial charge in [0.1, 0.15) is 0 Å². The van der Waals surface area contributed by atoms with Crippen LogP contribution in [0.15, 0.2) is 18.3 Å². The molecule has 2 rings (SSSR count). The summed E-state index contributed by atoms with van der Waals surface area (Å²) in [6.07, 6.45) is 2.29. The summed E-state index contributed by atoms with van der Waals surface area (Å²) in [5, 5.41) is 0. The zero-order valence-corrected chi connectivity index (χ0v) is 7.59. The molecule has 0 unspecified atom stereocenters. The molecule has 0 atom stereocenters. The third-order valence-corrected chi connectivity index (χ3v) is 2.00. The molecule has 0 saturated carbocycles. The summed E-state index contributed by atoms with van der Waals surface area (Å²) in [6.45, 7) is 1.93. The maximum atomic E-state index is 12.8. The van der Waals surface area contributed by atoms with E-state index in [0.717, 1.165) is 24.2 Å². The maximum absolute atomic E-state index is 12.8. The quantitative estimate of drug-likeness (QED) is 0.696. The molecule has 0 aliphatic rings. The van der Waals surface area contributed by atoms with E-state index in [1.54, 1.807) is 6.20 Å². The lowest BCUT2D eigenvalue weighted by Gasteiger charge is -2.00. The number of fused-ring (bicyclic) bond motifs is 1. The van der Waals surface area contributed by atoms with Crippen LogP contribution in [0.25, 0.3) is 11.0 Å². The molecule has 1 aromatic carbocycles. The first kappa shape index (κ1) is 8.99. The Morgan fingerprint density at radius 3 is 2.43 bits per heavy atom. The molecule has 0 radical (unpaired) electrons. The zero-order chi connectivity index (χ0) is 10.1. The summed E-state index contributed by atoms with van der Waals surface area (Å²) in [4.78, 5) is 8.11. The summed E-state index contributed by atoms with van der Waals surface area (Å²) in [6, 6.07) is 2.12. The van der Waals surface area contributed by atoms with Crippen molar-refractivity contribution < 1.29 is 8.78 Å². The van der Waals surface area contributed by atoms with Gasteiger partial charge in [0.2, 0.25) is 0 Å². The molecule has 0 aliphatic heterocycles. The van der Waals surface area contributed by atoms with E-state index in [1.165, 1.54) is 0 Å². The van der Waals surface area contributed by atoms with Gasteiger partial charge in [-0.2, -0.15) is 0 Å². The van der Waals surface area contributed by atoms with Gasteiger partial charge >= 0.3 is 0 Å². The number of hydrogen-bond donors (Lipinski definition) is 0.